The van der Waals surface area contributed by atoms with Crippen molar-refractivity contribution < 1.29 is 28.5 Å². The highest BCUT2D eigenvalue weighted by molar-refractivity contribution is 5.87. The van der Waals surface area contributed by atoms with E-state index >= 15 is 0 Å². The Morgan fingerprint density at radius 1 is 0.958 bits per heavy atom. The average molecular weight is 657 g/mol. The molecule has 2 atom stereocenters. The van der Waals surface area contributed by atoms with Crippen LogP contribution >= 0.6 is 0 Å². The Bertz CT molecular complexity index is 1880. The Hall–Kier alpha value is -5.19. The molecule has 0 saturated carbocycles. The molecule has 0 aliphatic heterocycles. The Morgan fingerprint density at radius 2 is 1.73 bits per heavy atom. The highest BCUT2D eigenvalue weighted by Crippen LogP contribution is 2.50. The number of amides is 2. The third kappa shape index (κ3) is 6.90. The van der Waals surface area contributed by atoms with Crippen LogP contribution in [-0.4, -0.2) is 57.8 Å². The first-order valence-corrected chi connectivity index (χ1v) is 16.1. The summed E-state index contributed by atoms with van der Waals surface area (Å²) in [5.41, 5.74) is 5.07. The first kappa shape index (κ1) is 34.2. The third-order valence-corrected chi connectivity index (χ3v) is 8.84. The van der Waals surface area contributed by atoms with Crippen molar-refractivity contribution in [2.75, 3.05) is 40.3 Å². The van der Waals surface area contributed by atoms with Gasteiger partial charge < -0.3 is 39.9 Å². The molecule has 1 aliphatic rings. The Morgan fingerprint density at radius 3 is 2.40 bits per heavy atom. The SMILES string of the molecule is COc1ccc2[nH]cc(CCNC(=O)C(Nc3ccc4c(cc3=O)C(NC(C)=O)CCc3cc(OC)c(OC)c(OC)c3-4)C(C)C)c2c1. The van der Waals surface area contributed by atoms with E-state index in [-0.39, 0.29) is 28.8 Å². The number of nitrogens with one attached hydrogen (secondary N) is 4. The van der Waals surface area contributed by atoms with E-state index in [1.165, 1.54) is 6.92 Å². The third-order valence-electron chi connectivity index (χ3n) is 8.84. The van der Waals surface area contributed by atoms with E-state index in [1.54, 1.807) is 40.6 Å². The summed E-state index contributed by atoms with van der Waals surface area (Å²) >= 11 is 0. The maximum absolute atomic E-state index is 13.9. The molecular formula is C37H44N4O7. The molecule has 0 saturated heterocycles. The molecule has 48 heavy (non-hydrogen) atoms. The molecular weight excluding hydrogens is 612 g/mol. The normalized spacial score (nSPS) is 14.3. The smallest absolute Gasteiger partial charge is 0.242 e. The van der Waals surface area contributed by atoms with E-state index in [2.05, 4.69) is 20.9 Å². The number of hydrogen-bond donors (Lipinski definition) is 4. The van der Waals surface area contributed by atoms with Crippen LogP contribution in [0.3, 0.4) is 0 Å². The van der Waals surface area contributed by atoms with E-state index in [4.69, 9.17) is 18.9 Å². The highest BCUT2D eigenvalue weighted by atomic mass is 16.5. The van der Waals surface area contributed by atoms with Crippen molar-refractivity contribution in [3.8, 4) is 34.1 Å². The summed E-state index contributed by atoms with van der Waals surface area (Å²) in [5.74, 6) is 1.64. The van der Waals surface area contributed by atoms with Gasteiger partial charge in [-0.3, -0.25) is 14.4 Å². The number of aryl methyl sites for hydroxylation is 1. The van der Waals surface area contributed by atoms with Gasteiger partial charge in [0, 0.05) is 36.1 Å². The second kappa shape index (κ2) is 14.7. The second-order valence-corrected chi connectivity index (χ2v) is 12.2. The number of aromatic nitrogens is 1. The molecule has 3 aromatic carbocycles. The van der Waals surface area contributed by atoms with E-state index in [0.29, 0.717) is 54.2 Å². The topological polar surface area (TPSA) is 140 Å². The van der Waals surface area contributed by atoms with Gasteiger partial charge >= 0.3 is 0 Å². The molecule has 4 aromatic rings. The number of hydrogen-bond acceptors (Lipinski definition) is 8. The largest absolute Gasteiger partial charge is 0.497 e. The van der Waals surface area contributed by atoms with Crippen LogP contribution in [0, 0.1) is 5.92 Å². The van der Waals surface area contributed by atoms with Crippen LogP contribution in [0.2, 0.25) is 0 Å². The van der Waals surface area contributed by atoms with Gasteiger partial charge in [-0.05, 0) is 83.8 Å². The molecule has 254 valence electrons. The van der Waals surface area contributed by atoms with E-state index < -0.39 is 12.1 Å². The predicted octanol–water partition coefficient (Wildman–Crippen LogP) is 5.15. The Labute approximate surface area is 280 Å². The van der Waals surface area contributed by atoms with Crippen molar-refractivity contribution >= 4 is 28.4 Å². The van der Waals surface area contributed by atoms with Crippen LogP contribution in [0.5, 0.6) is 23.0 Å². The van der Waals surface area contributed by atoms with Crippen LogP contribution in [0.4, 0.5) is 5.69 Å². The van der Waals surface area contributed by atoms with Gasteiger partial charge in [-0.15, -0.1) is 0 Å². The first-order chi connectivity index (χ1) is 23.1. The van der Waals surface area contributed by atoms with E-state index in [0.717, 1.165) is 33.3 Å². The predicted molar refractivity (Wildman–Crippen MR) is 186 cm³/mol. The molecule has 11 heteroatoms. The molecule has 2 unspecified atom stereocenters. The number of rotatable bonds is 12. The zero-order chi connectivity index (χ0) is 34.5. The van der Waals surface area contributed by atoms with Crippen molar-refractivity contribution in [2.24, 2.45) is 5.92 Å². The lowest BCUT2D eigenvalue weighted by Gasteiger charge is -2.22. The molecule has 1 heterocycles. The first-order valence-electron chi connectivity index (χ1n) is 16.1. The minimum Gasteiger partial charge on any atom is -0.497 e. The molecule has 4 N–H and O–H groups in total. The van der Waals surface area contributed by atoms with Crippen molar-refractivity contribution in [1.29, 1.82) is 0 Å². The number of ether oxygens (including phenoxy) is 4. The summed E-state index contributed by atoms with van der Waals surface area (Å²) < 4.78 is 22.6. The van der Waals surface area contributed by atoms with Crippen molar-refractivity contribution in [3.05, 3.63) is 75.6 Å². The number of carbonyl (C=O) groups is 2. The van der Waals surface area contributed by atoms with Gasteiger partial charge in [-0.1, -0.05) is 19.9 Å². The maximum Gasteiger partial charge on any atom is 0.242 e. The molecule has 1 aromatic heterocycles. The number of anilines is 1. The van der Waals surface area contributed by atoms with Crippen molar-refractivity contribution in [3.63, 3.8) is 0 Å². The van der Waals surface area contributed by atoms with Gasteiger partial charge in [0.2, 0.25) is 23.0 Å². The Kier molecular flexibility index (Phi) is 10.5. The summed E-state index contributed by atoms with van der Waals surface area (Å²) in [7, 11) is 6.30. The molecule has 1 aliphatic carbocycles. The van der Waals surface area contributed by atoms with Gasteiger partial charge in [0.15, 0.2) is 11.5 Å². The molecule has 11 nitrogen and oxygen atoms in total. The van der Waals surface area contributed by atoms with Crippen LogP contribution in [-0.2, 0) is 22.4 Å². The average Bonchev–Trinajstić information content (AvgIpc) is 3.32. The number of fused-ring (bicyclic) bond motifs is 4. The van der Waals surface area contributed by atoms with Crippen LogP contribution in [0.15, 0.2) is 53.5 Å². The zero-order valence-corrected chi connectivity index (χ0v) is 28.5. The number of aromatic amines is 1. The van der Waals surface area contributed by atoms with Gasteiger partial charge in [-0.2, -0.15) is 0 Å². The lowest BCUT2D eigenvalue weighted by molar-refractivity contribution is -0.122. The summed E-state index contributed by atoms with van der Waals surface area (Å²) in [6.07, 6.45) is 3.70. The molecule has 0 radical (unpaired) electrons. The van der Waals surface area contributed by atoms with Gasteiger partial charge in [0.25, 0.3) is 0 Å². The molecule has 0 fully saturated rings. The summed E-state index contributed by atoms with van der Waals surface area (Å²) in [5, 5.41) is 10.3. The molecule has 0 spiro atoms. The standard InChI is InChI=1S/C37H44N4O7/c1-20(2)34(37(44)38-15-14-23-19-39-28-12-9-24(45-4)17-26(23)28)41-30-13-10-25-27(18-31(30)43)29(40-21(3)42)11-8-22-16-32(46-5)35(47-6)36(48-7)33(22)25/h9-10,12-13,16-20,29,34,39H,8,11,14-15H2,1-7H3,(H,38,44)(H,40,42)(H,41,43). The fourth-order valence-electron chi connectivity index (χ4n) is 6.45. The maximum atomic E-state index is 13.9. The lowest BCUT2D eigenvalue weighted by atomic mass is 9.95. The Balaban J connectivity index is 1.47. The quantitative estimate of drug-likeness (QED) is 0.164. The van der Waals surface area contributed by atoms with Crippen molar-refractivity contribution in [1.82, 2.24) is 15.6 Å². The van der Waals surface area contributed by atoms with Gasteiger partial charge in [0.1, 0.15) is 11.8 Å². The summed E-state index contributed by atoms with van der Waals surface area (Å²) in [6, 6.07) is 11.7. The number of benzene rings is 2. The minimum absolute atomic E-state index is 0.130. The van der Waals surface area contributed by atoms with Crippen LogP contribution < -0.4 is 40.3 Å². The second-order valence-electron chi connectivity index (χ2n) is 12.2. The number of H-pyrrole nitrogens is 1. The number of methoxy groups -OCH3 is 4. The molecule has 2 amide bonds. The summed E-state index contributed by atoms with van der Waals surface area (Å²) in [6.45, 7) is 5.73. The summed E-state index contributed by atoms with van der Waals surface area (Å²) in [4.78, 5) is 42.9. The van der Waals surface area contributed by atoms with E-state index in [9.17, 15) is 14.4 Å². The van der Waals surface area contributed by atoms with E-state index in [1.807, 2.05) is 50.4 Å². The molecule has 5 rings (SSSR count). The van der Waals surface area contributed by atoms with Gasteiger partial charge in [0.05, 0.1) is 40.2 Å². The van der Waals surface area contributed by atoms with Gasteiger partial charge in [-0.25, -0.2) is 0 Å². The fourth-order valence-corrected chi connectivity index (χ4v) is 6.45. The molecule has 0 bridgehead atoms. The fraction of sp³-hybridized carbons (Fsp3) is 0.378. The van der Waals surface area contributed by atoms with Crippen LogP contribution in [0.1, 0.15) is 49.9 Å². The monoisotopic (exact) mass is 656 g/mol. The van der Waals surface area contributed by atoms with Crippen molar-refractivity contribution in [2.45, 2.75) is 52.1 Å². The highest BCUT2D eigenvalue weighted by Gasteiger charge is 2.30. The number of carbonyl (C=O) groups excluding carboxylic acids is 2. The zero-order valence-electron chi connectivity index (χ0n) is 28.5. The van der Waals surface area contributed by atoms with Crippen LogP contribution in [0.25, 0.3) is 22.0 Å². The minimum atomic E-state index is -0.680. The lowest BCUT2D eigenvalue weighted by Crippen LogP contribution is -2.44.